The quantitative estimate of drug-likeness (QED) is 0.114. The molecule has 0 aliphatic heterocycles. The third-order valence-electron chi connectivity index (χ3n) is 26.4. The Morgan fingerprint density at radius 2 is 0.515 bits per heavy atom. The molecule has 4 heterocycles. The molecule has 0 atom stereocenters. The Bertz CT molecular complexity index is 8310. The van der Waals surface area contributed by atoms with Gasteiger partial charge in [-0.3, -0.25) is 0 Å². The fraction of sp³-hybridized carbons (Fsp3) is 0.140. The summed E-state index contributed by atoms with van der Waals surface area (Å²) in [6.45, 7) is 22.1. The standard InChI is InChI=1S/C114H80F12N6/c1-60-44-63(4)103(64(5)45-60)73-34-41-98-86(55-73)79-22-14-17-29-95(79)131(98)109-82(107-89(111(115,116)117)23-18-24-90(107)112(118,119)120)37-42-99(87(109)58-127)129-94-28-16-13-21-78(94)85-54-74(33-40-96(85)129)106-69(10)50-72(51-70(106)11)52-71-30-39-97-84(53-71)81-36-32-76(105-67(8)48-62(3)49-68(105)9)57-102(81)132(97)110-83(108-91(113(121,122)123)25-19-26-92(108)114(124,125)126)38-43-100(88(110)59-128)130-93-27-15-12-20-77(93)80-35-31-75(56-101(80)130)104-65(6)46-61(2)47-66(104)7/h12-51,53-57H,52H2,1-11H3. The molecule has 0 aliphatic rings. The van der Waals surface area contributed by atoms with E-state index in [9.17, 15) is 10.5 Å². The van der Waals surface area contributed by atoms with Crippen LogP contribution in [0.3, 0.4) is 0 Å². The van der Waals surface area contributed by atoms with E-state index < -0.39 is 69.2 Å². The number of rotatable bonds is 12. The summed E-state index contributed by atoms with van der Waals surface area (Å²) >= 11 is 0. The Labute approximate surface area is 752 Å². The predicted octanol–water partition coefficient (Wildman–Crippen LogP) is 32.9. The summed E-state index contributed by atoms with van der Waals surface area (Å²) in [5.74, 6) is 0. The van der Waals surface area contributed by atoms with E-state index in [0.29, 0.717) is 107 Å². The van der Waals surface area contributed by atoms with Gasteiger partial charge in [-0.1, -0.05) is 187 Å². The number of aromatic nitrogens is 4. The van der Waals surface area contributed by atoms with Crippen LogP contribution in [-0.2, 0) is 31.1 Å². The van der Waals surface area contributed by atoms with E-state index >= 15 is 52.7 Å². The van der Waals surface area contributed by atoms with Crippen molar-refractivity contribution in [3.05, 3.63) is 379 Å². The van der Waals surface area contributed by atoms with Gasteiger partial charge >= 0.3 is 24.7 Å². The second kappa shape index (κ2) is 31.1. The lowest BCUT2D eigenvalue weighted by Crippen LogP contribution is -2.16. The number of nitrogens with zero attached hydrogens (tertiary/aromatic N) is 6. The Hall–Kier alpha value is -15.1. The van der Waals surface area contributed by atoms with Gasteiger partial charge in [0.25, 0.3) is 0 Å². The molecule has 0 amide bonds. The molecular formula is C114H80F12N6. The third-order valence-corrected chi connectivity index (χ3v) is 26.4. The molecule has 4 aromatic heterocycles. The van der Waals surface area contributed by atoms with Crippen molar-refractivity contribution >= 4 is 87.2 Å². The number of nitriles is 2. The molecule has 0 saturated carbocycles. The highest BCUT2D eigenvalue weighted by Crippen LogP contribution is 2.54. The van der Waals surface area contributed by atoms with E-state index in [-0.39, 0.29) is 33.9 Å². The largest absolute Gasteiger partial charge is 0.417 e. The molecule has 0 fully saturated rings. The number of hydrogen-bond acceptors (Lipinski definition) is 2. The van der Waals surface area contributed by atoms with Crippen molar-refractivity contribution in [3.63, 3.8) is 0 Å². The van der Waals surface area contributed by atoms with Crippen LogP contribution >= 0.6 is 0 Å². The monoisotopic (exact) mass is 1760 g/mol. The van der Waals surface area contributed by atoms with Crippen LogP contribution in [0.5, 0.6) is 0 Å². The minimum absolute atomic E-state index is 0.184. The fourth-order valence-corrected chi connectivity index (χ4v) is 21.7. The normalized spacial score (nSPS) is 12.4. The predicted molar refractivity (Wildman–Crippen MR) is 507 cm³/mol. The number of alkyl halides is 12. The molecule has 6 nitrogen and oxygen atoms in total. The van der Waals surface area contributed by atoms with Crippen molar-refractivity contribution in [1.82, 2.24) is 18.3 Å². The van der Waals surface area contributed by atoms with Crippen LogP contribution in [0.25, 0.3) is 177 Å². The summed E-state index contributed by atoms with van der Waals surface area (Å²) in [6.07, 6.45) is -20.9. The first-order valence-corrected chi connectivity index (χ1v) is 43.2. The van der Waals surface area contributed by atoms with Crippen LogP contribution in [0.15, 0.2) is 273 Å². The van der Waals surface area contributed by atoms with Gasteiger partial charge in [0.05, 0.1) is 89.1 Å². The van der Waals surface area contributed by atoms with Crippen molar-refractivity contribution in [1.29, 1.82) is 10.5 Å². The molecule has 0 radical (unpaired) electrons. The van der Waals surface area contributed by atoms with Crippen LogP contribution in [-0.4, -0.2) is 18.3 Å². The molecule has 0 spiro atoms. The molecule has 20 aromatic rings. The second-order valence-corrected chi connectivity index (χ2v) is 35.2. The van der Waals surface area contributed by atoms with Gasteiger partial charge in [-0.25, -0.2) is 0 Å². The van der Waals surface area contributed by atoms with Gasteiger partial charge < -0.3 is 18.3 Å². The van der Waals surface area contributed by atoms with E-state index in [1.165, 1.54) is 24.3 Å². The highest BCUT2D eigenvalue weighted by Gasteiger charge is 2.45. The average molecular weight is 1760 g/mol. The van der Waals surface area contributed by atoms with Crippen LogP contribution in [0.2, 0.25) is 0 Å². The van der Waals surface area contributed by atoms with Crippen LogP contribution in [0.4, 0.5) is 52.7 Å². The summed E-state index contributed by atoms with van der Waals surface area (Å²) in [4.78, 5) is 0. The lowest BCUT2D eigenvalue weighted by atomic mass is 9.90. The molecule has 0 N–H and O–H groups in total. The van der Waals surface area contributed by atoms with Crippen molar-refractivity contribution in [2.75, 3.05) is 0 Å². The van der Waals surface area contributed by atoms with Crippen LogP contribution in [0.1, 0.15) is 106 Å². The number of para-hydroxylation sites is 3. The molecule has 0 bridgehead atoms. The summed E-state index contributed by atoms with van der Waals surface area (Å²) < 4.78 is 198. The fourth-order valence-electron chi connectivity index (χ4n) is 21.7. The molecule has 132 heavy (non-hydrogen) atoms. The summed E-state index contributed by atoms with van der Waals surface area (Å²) in [5, 5.41) is 29.8. The van der Waals surface area contributed by atoms with E-state index in [1.54, 1.807) is 21.3 Å². The van der Waals surface area contributed by atoms with Gasteiger partial charge in [0.1, 0.15) is 23.3 Å². The Morgan fingerprint density at radius 1 is 0.235 bits per heavy atom. The van der Waals surface area contributed by atoms with E-state index in [4.69, 9.17) is 0 Å². The number of hydrogen-bond donors (Lipinski definition) is 0. The maximum Gasteiger partial charge on any atom is 0.417 e. The van der Waals surface area contributed by atoms with Crippen molar-refractivity contribution in [2.45, 2.75) is 107 Å². The first-order valence-electron chi connectivity index (χ1n) is 43.2. The van der Waals surface area contributed by atoms with Crippen LogP contribution < -0.4 is 0 Å². The number of aryl methyl sites for hydroxylation is 11. The summed E-state index contributed by atoms with van der Waals surface area (Å²) in [5.41, 5.74) is 13.6. The third kappa shape index (κ3) is 13.8. The minimum Gasteiger partial charge on any atom is -0.308 e. The highest BCUT2D eigenvalue weighted by atomic mass is 19.4. The number of fused-ring (bicyclic) bond motifs is 12. The van der Waals surface area contributed by atoms with Gasteiger partial charge in [-0.15, -0.1) is 0 Å². The first kappa shape index (κ1) is 85.0. The number of halogens is 12. The summed E-state index contributed by atoms with van der Waals surface area (Å²) in [6, 6.07) is 82.2. The SMILES string of the molecule is Cc1cc(C)c(-c2ccc3c(c2)c2ccccc2n3-c2c(-c3c(C(F)(F)F)cccc3C(F)(F)F)ccc(-n3c4ccccc4c4cc(-c5c(C)cc(Cc6ccc7c(c6)c6ccc(-c8c(C)cc(C)cc8C)cc6n7-c6c(-c7c(C(F)(F)F)cccc7C(F)(F)F)ccc(-n7c8ccccc8c8ccc(-c9c(C)cc(C)cc9C)cc87)c6C#N)cc5C)ccc43)c2C#N)c(C)c1. The smallest absolute Gasteiger partial charge is 0.308 e. The molecule has 650 valence electrons. The lowest BCUT2D eigenvalue weighted by molar-refractivity contribution is -0.143. The van der Waals surface area contributed by atoms with Gasteiger partial charge in [-0.2, -0.15) is 63.2 Å². The zero-order valence-electron chi connectivity index (χ0n) is 73.4. The van der Waals surface area contributed by atoms with Crippen molar-refractivity contribution in [2.24, 2.45) is 0 Å². The Kier molecular flexibility index (Phi) is 20.0. The maximum atomic E-state index is 16.1. The molecule has 0 saturated heterocycles. The maximum absolute atomic E-state index is 16.1. The van der Waals surface area contributed by atoms with Gasteiger partial charge in [0.2, 0.25) is 0 Å². The molecule has 0 aliphatic carbocycles. The van der Waals surface area contributed by atoms with E-state index in [0.717, 1.165) is 140 Å². The number of benzene rings is 16. The topological polar surface area (TPSA) is 67.3 Å². The van der Waals surface area contributed by atoms with Gasteiger partial charge in [0.15, 0.2) is 0 Å². The zero-order chi connectivity index (χ0) is 92.7. The second-order valence-electron chi connectivity index (χ2n) is 35.2. The Balaban J connectivity index is 0.756. The molecule has 20 rings (SSSR count). The Morgan fingerprint density at radius 3 is 0.894 bits per heavy atom. The highest BCUT2D eigenvalue weighted by molar-refractivity contribution is 6.16. The van der Waals surface area contributed by atoms with Crippen LogP contribution in [0, 0.1) is 98.8 Å². The van der Waals surface area contributed by atoms with Gasteiger partial charge in [0, 0.05) is 65.3 Å². The van der Waals surface area contributed by atoms with Crippen molar-refractivity contribution < 1.29 is 52.7 Å². The lowest BCUT2D eigenvalue weighted by Gasteiger charge is -2.24. The summed E-state index contributed by atoms with van der Waals surface area (Å²) in [7, 11) is 0. The molecule has 0 unspecified atom stereocenters. The molecule has 16 aromatic carbocycles. The average Bonchev–Trinajstić information content (AvgIpc) is 0.751. The van der Waals surface area contributed by atoms with Gasteiger partial charge in [-0.05, 0) is 286 Å². The van der Waals surface area contributed by atoms with Crippen molar-refractivity contribution in [3.8, 4) is 102 Å². The van der Waals surface area contributed by atoms with E-state index in [1.807, 2.05) is 249 Å². The van der Waals surface area contributed by atoms with E-state index in [2.05, 4.69) is 48.5 Å². The zero-order valence-corrected chi connectivity index (χ0v) is 73.4. The molecular weight excluding hydrogens is 1680 g/mol. The minimum atomic E-state index is -5.33. The first-order chi connectivity index (χ1) is 63.0. The molecule has 18 heteroatoms.